The lowest BCUT2D eigenvalue weighted by atomic mass is 9.80. The number of fused-ring (bicyclic) bond motifs is 3. The van der Waals surface area contributed by atoms with E-state index in [1.54, 1.807) is 24.5 Å². The summed E-state index contributed by atoms with van der Waals surface area (Å²) in [7, 11) is 0. The molecule has 2 fully saturated rings. The Morgan fingerprint density at radius 2 is 1.80 bits per heavy atom. The molecule has 35 heavy (non-hydrogen) atoms. The number of aromatic nitrogens is 2. The maximum absolute atomic E-state index is 14.0. The molecule has 1 saturated heterocycles. The quantitative estimate of drug-likeness (QED) is 0.489. The van der Waals surface area contributed by atoms with Crippen LogP contribution in [0.25, 0.3) is 11.4 Å². The third kappa shape index (κ3) is 4.36. The van der Waals surface area contributed by atoms with E-state index in [1.165, 1.54) is 12.0 Å². The van der Waals surface area contributed by atoms with Crippen molar-refractivity contribution in [3.05, 3.63) is 83.4 Å². The van der Waals surface area contributed by atoms with Gasteiger partial charge in [-0.2, -0.15) is 0 Å². The van der Waals surface area contributed by atoms with Crippen LogP contribution in [0.4, 0.5) is 4.39 Å². The van der Waals surface area contributed by atoms with Crippen LogP contribution in [-0.2, 0) is 17.8 Å². The number of hydrogen-bond donors (Lipinski definition) is 0. The number of carbonyl (C=O) groups excluding carboxylic acids is 1. The minimum absolute atomic E-state index is 0.0866. The Bertz CT molecular complexity index is 1210. The Balaban J connectivity index is 1.35. The number of amides is 1. The number of rotatable bonds is 4. The summed E-state index contributed by atoms with van der Waals surface area (Å²) in [5, 5.41) is 4.33. The van der Waals surface area contributed by atoms with Crippen LogP contribution >= 0.6 is 0 Å². The van der Waals surface area contributed by atoms with E-state index in [2.05, 4.69) is 32.1 Å². The molecular formula is C29H31FN4O. The molecule has 1 aromatic heterocycles. The summed E-state index contributed by atoms with van der Waals surface area (Å²) in [6.45, 7) is 1.37. The standard InChI is InChI=1S/C29H31FN4O/c30-25-12-13-26-22(17-25)10-11-24-19-34(29(35)21-7-2-1-3-8-21)33(27(24)26)18-20-6-4-9-23(16-20)28-31-14-5-15-32-28/h4-6,9,12-17,21,24,27H,1-3,7-8,10-11,18-19H2/t24-,27+/m0/s1. The van der Waals surface area contributed by atoms with E-state index in [1.807, 2.05) is 24.3 Å². The van der Waals surface area contributed by atoms with Crippen molar-refractivity contribution in [3.8, 4) is 11.4 Å². The molecule has 2 aliphatic carbocycles. The van der Waals surface area contributed by atoms with Crippen molar-refractivity contribution in [3.63, 3.8) is 0 Å². The fourth-order valence-electron chi connectivity index (χ4n) is 6.31. The second-order valence-electron chi connectivity index (χ2n) is 10.2. The van der Waals surface area contributed by atoms with Crippen LogP contribution in [0.15, 0.2) is 60.9 Å². The van der Waals surface area contributed by atoms with Crippen molar-refractivity contribution in [1.82, 2.24) is 20.0 Å². The largest absolute Gasteiger partial charge is 0.274 e. The van der Waals surface area contributed by atoms with E-state index < -0.39 is 0 Å². The second-order valence-corrected chi connectivity index (χ2v) is 10.2. The highest BCUT2D eigenvalue weighted by molar-refractivity contribution is 5.79. The zero-order valence-electron chi connectivity index (χ0n) is 19.9. The number of carbonyl (C=O) groups is 1. The minimum Gasteiger partial charge on any atom is -0.274 e. The molecule has 3 aromatic rings. The molecule has 1 saturated carbocycles. The second kappa shape index (κ2) is 9.50. The van der Waals surface area contributed by atoms with Gasteiger partial charge in [0, 0.05) is 37.0 Å². The highest BCUT2D eigenvalue weighted by Crippen LogP contribution is 2.46. The molecule has 2 heterocycles. The number of aryl methyl sites for hydroxylation is 1. The molecule has 180 valence electrons. The van der Waals surface area contributed by atoms with Crippen LogP contribution in [0, 0.1) is 17.7 Å². The first-order valence-corrected chi connectivity index (χ1v) is 12.9. The van der Waals surface area contributed by atoms with Gasteiger partial charge in [0.2, 0.25) is 5.91 Å². The molecule has 3 aliphatic rings. The summed E-state index contributed by atoms with van der Waals surface area (Å²) in [6, 6.07) is 15.4. The first-order valence-electron chi connectivity index (χ1n) is 12.9. The first-order chi connectivity index (χ1) is 17.2. The summed E-state index contributed by atoms with van der Waals surface area (Å²) in [6.07, 6.45) is 10.8. The molecule has 5 nitrogen and oxygen atoms in total. The van der Waals surface area contributed by atoms with Crippen LogP contribution in [0.1, 0.15) is 61.3 Å². The van der Waals surface area contributed by atoms with Gasteiger partial charge in [0.25, 0.3) is 0 Å². The first kappa shape index (κ1) is 22.4. The van der Waals surface area contributed by atoms with Crippen molar-refractivity contribution in [2.24, 2.45) is 11.8 Å². The number of hydrogen-bond acceptors (Lipinski definition) is 4. The number of nitrogens with zero attached hydrogens (tertiary/aromatic N) is 4. The van der Waals surface area contributed by atoms with Gasteiger partial charge in [-0.25, -0.2) is 19.4 Å². The van der Waals surface area contributed by atoms with E-state index in [0.29, 0.717) is 18.3 Å². The Morgan fingerprint density at radius 1 is 0.971 bits per heavy atom. The van der Waals surface area contributed by atoms with Gasteiger partial charge in [0.15, 0.2) is 5.82 Å². The lowest BCUT2D eigenvalue weighted by Crippen LogP contribution is -2.45. The molecule has 1 amide bonds. The monoisotopic (exact) mass is 470 g/mol. The van der Waals surface area contributed by atoms with Crippen LogP contribution in [0.5, 0.6) is 0 Å². The Kier molecular flexibility index (Phi) is 6.06. The number of halogens is 1. The molecule has 0 N–H and O–H groups in total. The van der Waals surface area contributed by atoms with Gasteiger partial charge < -0.3 is 0 Å². The fourth-order valence-corrected chi connectivity index (χ4v) is 6.31. The maximum atomic E-state index is 14.0. The van der Waals surface area contributed by atoms with Gasteiger partial charge in [0.05, 0.1) is 6.04 Å². The van der Waals surface area contributed by atoms with Crippen molar-refractivity contribution in [2.75, 3.05) is 6.54 Å². The fraction of sp³-hybridized carbons (Fsp3) is 0.414. The van der Waals surface area contributed by atoms with Gasteiger partial charge in [-0.15, -0.1) is 0 Å². The van der Waals surface area contributed by atoms with E-state index in [4.69, 9.17) is 0 Å². The van der Waals surface area contributed by atoms with Crippen LogP contribution in [0.3, 0.4) is 0 Å². The minimum atomic E-state index is -0.183. The Hall–Kier alpha value is -3.12. The smallest absolute Gasteiger partial charge is 0.240 e. The summed E-state index contributed by atoms with van der Waals surface area (Å²) in [5.74, 6) is 1.26. The van der Waals surface area contributed by atoms with Crippen LogP contribution < -0.4 is 0 Å². The third-order valence-corrected chi connectivity index (χ3v) is 8.00. The number of hydrazine groups is 1. The normalized spacial score (nSPS) is 22.6. The van der Waals surface area contributed by atoms with E-state index in [9.17, 15) is 9.18 Å². The highest BCUT2D eigenvalue weighted by Gasteiger charge is 2.46. The van der Waals surface area contributed by atoms with Crippen molar-refractivity contribution < 1.29 is 9.18 Å². The Labute approximate surface area is 206 Å². The average Bonchev–Trinajstić information content (AvgIpc) is 3.27. The van der Waals surface area contributed by atoms with E-state index >= 15 is 0 Å². The molecule has 0 unspecified atom stereocenters. The van der Waals surface area contributed by atoms with Crippen molar-refractivity contribution in [2.45, 2.75) is 57.5 Å². The highest BCUT2D eigenvalue weighted by atomic mass is 19.1. The molecule has 6 heteroatoms. The molecular weight excluding hydrogens is 439 g/mol. The molecule has 2 aromatic carbocycles. The van der Waals surface area contributed by atoms with Gasteiger partial charge in [-0.05, 0) is 72.6 Å². The molecule has 6 rings (SSSR count). The molecule has 0 radical (unpaired) electrons. The van der Waals surface area contributed by atoms with Gasteiger partial charge in [-0.1, -0.05) is 43.5 Å². The van der Waals surface area contributed by atoms with Crippen LogP contribution in [0.2, 0.25) is 0 Å². The Morgan fingerprint density at radius 3 is 2.63 bits per heavy atom. The third-order valence-electron chi connectivity index (χ3n) is 8.00. The predicted octanol–water partition coefficient (Wildman–Crippen LogP) is 5.73. The van der Waals surface area contributed by atoms with Crippen molar-refractivity contribution >= 4 is 5.91 Å². The summed E-state index contributed by atoms with van der Waals surface area (Å²) >= 11 is 0. The van der Waals surface area contributed by atoms with Gasteiger partial charge in [-0.3, -0.25) is 9.80 Å². The molecule has 1 aliphatic heterocycles. The topological polar surface area (TPSA) is 49.3 Å². The van der Waals surface area contributed by atoms with E-state index in [-0.39, 0.29) is 23.7 Å². The lowest BCUT2D eigenvalue weighted by molar-refractivity contribution is -0.152. The molecule has 0 bridgehead atoms. The van der Waals surface area contributed by atoms with Gasteiger partial charge in [0.1, 0.15) is 5.82 Å². The summed E-state index contributed by atoms with van der Waals surface area (Å²) in [5.41, 5.74) is 4.33. The van der Waals surface area contributed by atoms with Crippen LogP contribution in [-0.4, -0.2) is 32.4 Å². The lowest BCUT2D eigenvalue weighted by Gasteiger charge is -2.37. The zero-order chi connectivity index (χ0) is 23.8. The SMILES string of the molecule is O=C(C1CCCCC1)N1C[C@@H]2CCc3cc(F)ccc3[C@@H]2N1Cc1cccc(-c2ncccn2)c1. The van der Waals surface area contributed by atoms with Gasteiger partial charge >= 0.3 is 0 Å². The maximum Gasteiger partial charge on any atom is 0.240 e. The summed E-state index contributed by atoms with van der Waals surface area (Å²) < 4.78 is 14.0. The molecule has 2 atom stereocenters. The number of benzene rings is 2. The van der Waals surface area contributed by atoms with Crippen molar-refractivity contribution in [1.29, 1.82) is 0 Å². The predicted molar refractivity (Wildman–Crippen MR) is 132 cm³/mol. The summed E-state index contributed by atoms with van der Waals surface area (Å²) in [4.78, 5) is 22.6. The molecule has 0 spiro atoms. The average molecular weight is 471 g/mol. The zero-order valence-corrected chi connectivity index (χ0v) is 19.9. The van der Waals surface area contributed by atoms with E-state index in [0.717, 1.165) is 61.8 Å².